The number of carbonyl (C=O) groups is 1. The summed E-state index contributed by atoms with van der Waals surface area (Å²) in [5, 5.41) is 15.5. The van der Waals surface area contributed by atoms with Crippen molar-refractivity contribution in [1.29, 1.82) is 5.26 Å². The molecule has 6 nitrogen and oxygen atoms in total. The Hall–Kier alpha value is -2.68. The normalized spacial score (nSPS) is 20.7. The van der Waals surface area contributed by atoms with E-state index < -0.39 is 0 Å². The van der Waals surface area contributed by atoms with Crippen molar-refractivity contribution in [3.8, 4) is 17.5 Å². The standard InChI is InChI=1S/C17H18N4O2/c1-11-2-8-14(9-3-11)19-16(22)15-20-17(23-21-15)13-6-4-12(10-18)5-7-13/h4-7,11,14H,2-3,8-9H2,1H3,(H,19,22). The van der Waals surface area contributed by atoms with Crippen molar-refractivity contribution >= 4 is 5.91 Å². The lowest BCUT2D eigenvalue weighted by molar-refractivity contribution is 0.0909. The van der Waals surface area contributed by atoms with Gasteiger partial charge in [-0.15, -0.1) is 0 Å². The predicted octanol–water partition coefficient (Wildman–Crippen LogP) is 2.92. The summed E-state index contributed by atoms with van der Waals surface area (Å²) in [4.78, 5) is 16.3. The number of nitriles is 1. The van der Waals surface area contributed by atoms with Crippen molar-refractivity contribution in [1.82, 2.24) is 15.5 Å². The van der Waals surface area contributed by atoms with E-state index in [4.69, 9.17) is 9.78 Å². The molecule has 6 heteroatoms. The van der Waals surface area contributed by atoms with E-state index in [0.717, 1.165) is 31.6 Å². The largest absolute Gasteiger partial charge is 0.346 e. The van der Waals surface area contributed by atoms with Crippen molar-refractivity contribution < 1.29 is 9.32 Å². The smallest absolute Gasteiger partial charge is 0.292 e. The fourth-order valence-corrected chi connectivity index (χ4v) is 2.77. The minimum atomic E-state index is -0.298. The van der Waals surface area contributed by atoms with Gasteiger partial charge in [0.15, 0.2) is 0 Å². The zero-order valence-electron chi connectivity index (χ0n) is 13.0. The van der Waals surface area contributed by atoms with Crippen LogP contribution in [0.4, 0.5) is 0 Å². The SMILES string of the molecule is CC1CCC(NC(=O)c2noc(-c3ccc(C#N)cc3)n2)CC1. The van der Waals surface area contributed by atoms with E-state index in [1.54, 1.807) is 24.3 Å². The average molecular weight is 310 g/mol. The number of carbonyl (C=O) groups excluding carboxylic acids is 1. The number of hydrogen-bond donors (Lipinski definition) is 1. The highest BCUT2D eigenvalue weighted by Gasteiger charge is 2.23. The van der Waals surface area contributed by atoms with E-state index in [0.29, 0.717) is 11.1 Å². The van der Waals surface area contributed by atoms with Gasteiger partial charge in [0.1, 0.15) is 0 Å². The lowest BCUT2D eigenvalue weighted by atomic mass is 9.87. The first kappa shape index (κ1) is 15.2. The Morgan fingerprint density at radius 2 is 1.96 bits per heavy atom. The van der Waals surface area contributed by atoms with E-state index in [9.17, 15) is 4.79 Å². The lowest BCUT2D eigenvalue weighted by Crippen LogP contribution is -2.37. The Kier molecular flexibility index (Phi) is 4.38. The van der Waals surface area contributed by atoms with Crippen LogP contribution in [-0.2, 0) is 0 Å². The highest BCUT2D eigenvalue weighted by Crippen LogP contribution is 2.23. The second-order valence-corrected chi connectivity index (χ2v) is 6.04. The fourth-order valence-electron chi connectivity index (χ4n) is 2.77. The summed E-state index contributed by atoms with van der Waals surface area (Å²) in [6.45, 7) is 2.24. The molecule has 0 aliphatic heterocycles. The van der Waals surface area contributed by atoms with Crippen molar-refractivity contribution in [3.05, 3.63) is 35.7 Å². The van der Waals surface area contributed by atoms with Crippen LogP contribution >= 0.6 is 0 Å². The van der Waals surface area contributed by atoms with Gasteiger partial charge in [-0.05, 0) is 55.9 Å². The van der Waals surface area contributed by atoms with Crippen LogP contribution < -0.4 is 5.32 Å². The summed E-state index contributed by atoms with van der Waals surface area (Å²) in [5.74, 6) is 0.754. The van der Waals surface area contributed by atoms with Gasteiger partial charge in [0.2, 0.25) is 0 Å². The van der Waals surface area contributed by atoms with Crippen molar-refractivity contribution in [3.63, 3.8) is 0 Å². The maximum Gasteiger partial charge on any atom is 0.292 e. The Balaban J connectivity index is 1.66. The third-order valence-corrected chi connectivity index (χ3v) is 4.24. The number of nitrogens with zero attached hydrogens (tertiary/aromatic N) is 3. The van der Waals surface area contributed by atoms with Crippen LogP contribution in [0.25, 0.3) is 11.5 Å². The van der Waals surface area contributed by atoms with E-state index in [1.807, 2.05) is 6.07 Å². The zero-order chi connectivity index (χ0) is 16.2. The van der Waals surface area contributed by atoms with Gasteiger partial charge in [-0.25, -0.2) is 0 Å². The second kappa shape index (κ2) is 6.61. The molecule has 1 N–H and O–H groups in total. The van der Waals surface area contributed by atoms with Crippen LogP contribution in [-0.4, -0.2) is 22.1 Å². The van der Waals surface area contributed by atoms with Crippen LogP contribution in [0.3, 0.4) is 0 Å². The Labute approximate surface area is 134 Å². The Bertz CT molecular complexity index is 722. The van der Waals surface area contributed by atoms with E-state index >= 15 is 0 Å². The van der Waals surface area contributed by atoms with Crippen LogP contribution in [0.5, 0.6) is 0 Å². The maximum atomic E-state index is 12.2. The average Bonchev–Trinajstić information content (AvgIpc) is 3.07. The first-order valence-corrected chi connectivity index (χ1v) is 7.81. The molecule has 3 rings (SSSR count). The van der Waals surface area contributed by atoms with Crippen molar-refractivity contribution in [2.24, 2.45) is 5.92 Å². The summed E-state index contributed by atoms with van der Waals surface area (Å²) in [5.41, 5.74) is 1.24. The molecule has 1 amide bonds. The molecule has 2 aromatic rings. The van der Waals surface area contributed by atoms with E-state index in [1.165, 1.54) is 0 Å². The molecule has 1 aliphatic rings. The van der Waals surface area contributed by atoms with Gasteiger partial charge in [0.25, 0.3) is 17.6 Å². The monoisotopic (exact) mass is 310 g/mol. The second-order valence-electron chi connectivity index (χ2n) is 6.04. The quantitative estimate of drug-likeness (QED) is 0.941. The van der Waals surface area contributed by atoms with Crippen LogP contribution in [0.15, 0.2) is 28.8 Å². The van der Waals surface area contributed by atoms with E-state index in [-0.39, 0.29) is 23.7 Å². The fraction of sp³-hybridized carbons (Fsp3) is 0.412. The molecule has 0 bridgehead atoms. The molecule has 0 saturated heterocycles. The Morgan fingerprint density at radius 3 is 2.61 bits per heavy atom. The molecule has 0 atom stereocenters. The highest BCUT2D eigenvalue weighted by atomic mass is 16.5. The summed E-state index contributed by atoms with van der Waals surface area (Å²) >= 11 is 0. The van der Waals surface area contributed by atoms with Gasteiger partial charge in [-0.2, -0.15) is 10.2 Å². The topological polar surface area (TPSA) is 91.8 Å². The van der Waals surface area contributed by atoms with Crippen molar-refractivity contribution in [2.75, 3.05) is 0 Å². The molecule has 23 heavy (non-hydrogen) atoms. The molecule has 1 saturated carbocycles. The number of aromatic nitrogens is 2. The molecular formula is C17H18N4O2. The zero-order valence-corrected chi connectivity index (χ0v) is 13.0. The number of rotatable bonds is 3. The first-order chi connectivity index (χ1) is 11.2. The van der Waals surface area contributed by atoms with Gasteiger partial charge >= 0.3 is 0 Å². The van der Waals surface area contributed by atoms with Gasteiger partial charge in [-0.3, -0.25) is 4.79 Å². The molecular weight excluding hydrogens is 292 g/mol. The molecule has 1 aromatic carbocycles. The Morgan fingerprint density at radius 1 is 1.26 bits per heavy atom. The molecule has 1 aromatic heterocycles. The number of hydrogen-bond acceptors (Lipinski definition) is 5. The summed E-state index contributed by atoms with van der Waals surface area (Å²) in [6.07, 6.45) is 4.25. The van der Waals surface area contributed by atoms with Crippen molar-refractivity contribution in [2.45, 2.75) is 38.6 Å². The molecule has 1 aliphatic carbocycles. The molecule has 118 valence electrons. The van der Waals surface area contributed by atoms with Gasteiger partial charge in [0, 0.05) is 11.6 Å². The minimum absolute atomic E-state index is 0.0444. The molecule has 0 radical (unpaired) electrons. The molecule has 0 unspecified atom stereocenters. The minimum Gasteiger partial charge on any atom is -0.346 e. The van der Waals surface area contributed by atoms with E-state index in [2.05, 4.69) is 22.4 Å². The number of nitrogens with one attached hydrogen (secondary N) is 1. The predicted molar refractivity (Wildman–Crippen MR) is 83.3 cm³/mol. The lowest BCUT2D eigenvalue weighted by Gasteiger charge is -2.26. The third kappa shape index (κ3) is 3.57. The van der Waals surface area contributed by atoms with Gasteiger partial charge in [-0.1, -0.05) is 12.1 Å². The van der Waals surface area contributed by atoms with Crippen LogP contribution in [0.2, 0.25) is 0 Å². The summed E-state index contributed by atoms with van der Waals surface area (Å²) in [7, 11) is 0. The van der Waals surface area contributed by atoms with Gasteiger partial charge < -0.3 is 9.84 Å². The first-order valence-electron chi connectivity index (χ1n) is 7.81. The number of benzene rings is 1. The maximum absolute atomic E-state index is 12.2. The molecule has 0 spiro atoms. The molecule has 1 heterocycles. The third-order valence-electron chi connectivity index (χ3n) is 4.24. The summed E-state index contributed by atoms with van der Waals surface area (Å²) in [6, 6.07) is 9.01. The highest BCUT2D eigenvalue weighted by molar-refractivity contribution is 5.90. The van der Waals surface area contributed by atoms with Crippen LogP contribution in [0, 0.1) is 17.2 Å². The van der Waals surface area contributed by atoms with Crippen LogP contribution in [0.1, 0.15) is 48.8 Å². The molecule has 1 fully saturated rings. The summed E-state index contributed by atoms with van der Waals surface area (Å²) < 4.78 is 5.15. The number of amides is 1. The van der Waals surface area contributed by atoms with Gasteiger partial charge in [0.05, 0.1) is 11.6 Å².